The summed E-state index contributed by atoms with van der Waals surface area (Å²) in [5, 5.41) is 0. The molecule has 1 aromatic rings. The SMILES string of the molecule is C=CCN1C(=O)/C(=C/c2cc(OCC)c(OC)cc2Br)SC1=S. The topological polar surface area (TPSA) is 38.8 Å². The zero-order valence-electron chi connectivity index (χ0n) is 12.8. The average Bonchev–Trinajstić information content (AvgIpc) is 2.78. The van der Waals surface area contributed by atoms with Gasteiger partial charge in [0.25, 0.3) is 5.91 Å². The first-order chi connectivity index (χ1) is 11.0. The second kappa shape index (κ2) is 7.99. The van der Waals surface area contributed by atoms with Crippen molar-refractivity contribution in [3.63, 3.8) is 0 Å². The monoisotopic (exact) mass is 413 g/mol. The van der Waals surface area contributed by atoms with Gasteiger partial charge >= 0.3 is 0 Å². The molecule has 0 radical (unpaired) electrons. The summed E-state index contributed by atoms with van der Waals surface area (Å²) in [6.07, 6.45) is 3.46. The lowest BCUT2D eigenvalue weighted by Crippen LogP contribution is -2.27. The molecule has 1 aliphatic heterocycles. The second-order valence-corrected chi connectivity index (χ2v) is 7.07. The molecule has 0 aliphatic carbocycles. The fourth-order valence-electron chi connectivity index (χ4n) is 2.02. The van der Waals surface area contributed by atoms with Gasteiger partial charge in [0.15, 0.2) is 11.5 Å². The van der Waals surface area contributed by atoms with Crippen LogP contribution in [0.1, 0.15) is 12.5 Å². The van der Waals surface area contributed by atoms with Crippen molar-refractivity contribution in [2.45, 2.75) is 6.92 Å². The van der Waals surface area contributed by atoms with Crippen LogP contribution in [-0.2, 0) is 4.79 Å². The average molecular weight is 414 g/mol. The maximum atomic E-state index is 12.4. The van der Waals surface area contributed by atoms with Gasteiger partial charge in [-0.25, -0.2) is 0 Å². The Balaban J connectivity index is 2.39. The third-order valence-corrected chi connectivity index (χ3v) is 5.12. The van der Waals surface area contributed by atoms with Gasteiger partial charge in [0, 0.05) is 11.0 Å². The van der Waals surface area contributed by atoms with Crippen LogP contribution in [0.4, 0.5) is 0 Å². The molecule has 23 heavy (non-hydrogen) atoms. The van der Waals surface area contributed by atoms with Crippen LogP contribution >= 0.6 is 39.9 Å². The third kappa shape index (κ3) is 3.97. The summed E-state index contributed by atoms with van der Waals surface area (Å²) in [6, 6.07) is 3.66. The minimum Gasteiger partial charge on any atom is -0.493 e. The molecule has 0 atom stereocenters. The number of amides is 1. The third-order valence-electron chi connectivity index (χ3n) is 3.05. The van der Waals surface area contributed by atoms with Gasteiger partial charge in [0.1, 0.15) is 4.32 Å². The summed E-state index contributed by atoms with van der Waals surface area (Å²) in [6.45, 7) is 6.49. The molecular weight excluding hydrogens is 398 g/mol. The quantitative estimate of drug-likeness (QED) is 0.396. The van der Waals surface area contributed by atoms with E-state index in [0.29, 0.717) is 33.9 Å². The molecule has 0 saturated carbocycles. The lowest BCUT2D eigenvalue weighted by molar-refractivity contribution is -0.121. The van der Waals surface area contributed by atoms with E-state index in [-0.39, 0.29) is 5.91 Å². The van der Waals surface area contributed by atoms with Crippen LogP contribution in [0, 0.1) is 0 Å². The van der Waals surface area contributed by atoms with Crippen molar-refractivity contribution in [3.05, 3.63) is 39.7 Å². The van der Waals surface area contributed by atoms with Gasteiger partial charge in [-0.1, -0.05) is 46.0 Å². The fraction of sp³-hybridized carbons (Fsp3) is 0.250. The van der Waals surface area contributed by atoms with Crippen molar-refractivity contribution < 1.29 is 14.3 Å². The van der Waals surface area contributed by atoms with E-state index in [1.54, 1.807) is 19.3 Å². The normalized spacial score (nSPS) is 16.1. The summed E-state index contributed by atoms with van der Waals surface area (Å²) in [4.78, 5) is 14.5. The highest BCUT2D eigenvalue weighted by atomic mass is 79.9. The zero-order chi connectivity index (χ0) is 17.0. The first-order valence-electron chi connectivity index (χ1n) is 6.88. The first-order valence-corrected chi connectivity index (χ1v) is 8.90. The Morgan fingerprint density at radius 2 is 2.17 bits per heavy atom. The number of hydrogen-bond donors (Lipinski definition) is 0. The maximum Gasteiger partial charge on any atom is 0.266 e. The van der Waals surface area contributed by atoms with Crippen LogP contribution < -0.4 is 9.47 Å². The lowest BCUT2D eigenvalue weighted by Gasteiger charge is -2.12. The van der Waals surface area contributed by atoms with Crippen LogP contribution in [-0.4, -0.2) is 35.4 Å². The Hall–Kier alpha value is -1.31. The van der Waals surface area contributed by atoms with E-state index in [4.69, 9.17) is 21.7 Å². The predicted molar refractivity (Wildman–Crippen MR) is 102 cm³/mol. The molecule has 7 heteroatoms. The van der Waals surface area contributed by atoms with E-state index in [1.165, 1.54) is 16.7 Å². The van der Waals surface area contributed by atoms with Crippen LogP contribution in [0.25, 0.3) is 6.08 Å². The number of rotatable bonds is 6. The van der Waals surface area contributed by atoms with E-state index >= 15 is 0 Å². The van der Waals surface area contributed by atoms with Crippen LogP contribution in [0.3, 0.4) is 0 Å². The number of hydrogen-bond acceptors (Lipinski definition) is 5. The van der Waals surface area contributed by atoms with Gasteiger partial charge in [0.05, 0.1) is 18.6 Å². The minimum atomic E-state index is -0.111. The summed E-state index contributed by atoms with van der Waals surface area (Å²) in [5.41, 5.74) is 0.827. The lowest BCUT2D eigenvalue weighted by atomic mass is 10.2. The first kappa shape index (κ1) is 18.0. The minimum absolute atomic E-state index is 0.111. The van der Waals surface area contributed by atoms with Gasteiger partial charge in [-0.05, 0) is 30.7 Å². The van der Waals surface area contributed by atoms with Gasteiger partial charge < -0.3 is 9.47 Å². The number of carbonyl (C=O) groups is 1. The van der Waals surface area contributed by atoms with Crippen molar-refractivity contribution in [1.82, 2.24) is 4.90 Å². The molecule has 0 N–H and O–H groups in total. The molecule has 122 valence electrons. The Labute approximate surface area is 153 Å². The second-order valence-electron chi connectivity index (χ2n) is 4.54. The molecule has 1 saturated heterocycles. The number of methoxy groups -OCH3 is 1. The van der Waals surface area contributed by atoms with Crippen LogP contribution in [0.2, 0.25) is 0 Å². The molecule has 4 nitrogen and oxygen atoms in total. The molecular formula is C16H16BrNO3S2. The van der Waals surface area contributed by atoms with Crippen molar-refractivity contribution in [1.29, 1.82) is 0 Å². The molecule has 0 bridgehead atoms. The van der Waals surface area contributed by atoms with E-state index in [2.05, 4.69) is 22.5 Å². The number of thioether (sulfide) groups is 1. The molecule has 0 spiro atoms. The summed E-state index contributed by atoms with van der Waals surface area (Å²) < 4.78 is 12.2. The molecule has 2 rings (SSSR count). The highest BCUT2D eigenvalue weighted by Crippen LogP contribution is 2.38. The highest BCUT2D eigenvalue weighted by Gasteiger charge is 2.31. The smallest absolute Gasteiger partial charge is 0.266 e. The van der Waals surface area contributed by atoms with E-state index in [0.717, 1.165) is 10.0 Å². The molecule has 1 fully saturated rings. The number of carbonyl (C=O) groups excluding carboxylic acids is 1. The molecule has 1 aliphatic rings. The number of thiocarbonyl (C=S) groups is 1. The Bertz CT molecular complexity index is 688. The maximum absolute atomic E-state index is 12.4. The number of nitrogens with zero attached hydrogens (tertiary/aromatic N) is 1. The van der Waals surface area contributed by atoms with E-state index in [1.807, 2.05) is 19.1 Å². The number of benzene rings is 1. The summed E-state index contributed by atoms with van der Waals surface area (Å²) >= 11 is 10.0. The molecule has 0 unspecified atom stereocenters. The molecule has 1 aromatic carbocycles. The number of ether oxygens (including phenoxy) is 2. The van der Waals surface area contributed by atoms with Crippen LogP contribution in [0.5, 0.6) is 11.5 Å². The van der Waals surface area contributed by atoms with Crippen molar-refractivity contribution in [2.24, 2.45) is 0 Å². The van der Waals surface area contributed by atoms with Crippen molar-refractivity contribution >= 4 is 56.2 Å². The van der Waals surface area contributed by atoms with Crippen LogP contribution in [0.15, 0.2) is 34.2 Å². The fourth-order valence-corrected chi connectivity index (χ4v) is 3.72. The van der Waals surface area contributed by atoms with E-state index < -0.39 is 0 Å². The van der Waals surface area contributed by atoms with E-state index in [9.17, 15) is 4.79 Å². The standard InChI is InChI=1S/C16H16BrNO3S2/c1-4-6-18-15(19)14(23-16(18)22)8-10-7-13(21-5-2)12(20-3)9-11(10)17/h4,7-9H,1,5-6H2,2-3H3/b14-8-. The predicted octanol–water partition coefficient (Wildman–Crippen LogP) is 4.24. The number of halogens is 1. The summed E-state index contributed by atoms with van der Waals surface area (Å²) in [5.74, 6) is 1.15. The molecule has 1 heterocycles. The van der Waals surface area contributed by atoms with Gasteiger partial charge in [-0.15, -0.1) is 6.58 Å². The van der Waals surface area contributed by atoms with Gasteiger partial charge in [-0.2, -0.15) is 0 Å². The van der Waals surface area contributed by atoms with Gasteiger partial charge in [-0.3, -0.25) is 9.69 Å². The Kier molecular flexibility index (Phi) is 6.26. The molecule has 1 amide bonds. The summed E-state index contributed by atoms with van der Waals surface area (Å²) in [7, 11) is 1.59. The van der Waals surface area contributed by atoms with Crippen molar-refractivity contribution in [2.75, 3.05) is 20.3 Å². The van der Waals surface area contributed by atoms with Gasteiger partial charge in [0.2, 0.25) is 0 Å². The Morgan fingerprint density at radius 3 is 2.78 bits per heavy atom. The largest absolute Gasteiger partial charge is 0.493 e. The Morgan fingerprint density at radius 1 is 1.43 bits per heavy atom. The molecule has 0 aromatic heterocycles. The highest BCUT2D eigenvalue weighted by molar-refractivity contribution is 9.10. The zero-order valence-corrected chi connectivity index (χ0v) is 16.0. The van der Waals surface area contributed by atoms with Crippen molar-refractivity contribution in [3.8, 4) is 11.5 Å².